The van der Waals surface area contributed by atoms with Crippen LogP contribution in [0.3, 0.4) is 0 Å². The molecule has 11 heteroatoms. The molecule has 1 aromatic carbocycles. The number of halogens is 1. The van der Waals surface area contributed by atoms with Gasteiger partial charge in [0.05, 0.1) is 36.4 Å². The van der Waals surface area contributed by atoms with Gasteiger partial charge in [-0.25, -0.2) is 15.0 Å². The van der Waals surface area contributed by atoms with Crippen molar-refractivity contribution in [2.75, 3.05) is 57.1 Å². The standard InChI is InChI=1S/C25H30ClN7O3/c1-4-32-7-9-33(10-8-32)22-6-5-19(13-28-22)31-25-29-14-20(15-30-25)36-16-18-11-17(24(34)27-2)12-21(35-3)23(18)26/h5-6,11-15H,4,7-10,16H2,1-3H3,(H,27,34)(H,29,30,31). The number of ether oxygens (including phenoxy) is 2. The third-order valence-electron chi connectivity index (χ3n) is 5.99. The second kappa shape index (κ2) is 11.9. The number of rotatable bonds is 9. The predicted molar refractivity (Wildman–Crippen MR) is 140 cm³/mol. The lowest BCUT2D eigenvalue weighted by Crippen LogP contribution is -2.46. The lowest BCUT2D eigenvalue weighted by Gasteiger charge is -2.34. The summed E-state index contributed by atoms with van der Waals surface area (Å²) in [5.41, 5.74) is 1.83. The normalized spacial score (nSPS) is 13.8. The Morgan fingerprint density at radius 1 is 1.08 bits per heavy atom. The summed E-state index contributed by atoms with van der Waals surface area (Å²) >= 11 is 6.40. The van der Waals surface area contributed by atoms with E-state index < -0.39 is 0 Å². The lowest BCUT2D eigenvalue weighted by molar-refractivity contribution is 0.0962. The van der Waals surface area contributed by atoms with Crippen molar-refractivity contribution in [1.29, 1.82) is 0 Å². The maximum atomic E-state index is 12.0. The number of anilines is 3. The number of amides is 1. The van der Waals surface area contributed by atoms with Crippen LogP contribution in [-0.2, 0) is 6.61 Å². The van der Waals surface area contributed by atoms with Crippen LogP contribution >= 0.6 is 11.6 Å². The maximum Gasteiger partial charge on any atom is 0.251 e. The number of nitrogens with one attached hydrogen (secondary N) is 2. The predicted octanol–water partition coefficient (Wildman–Crippen LogP) is 3.36. The van der Waals surface area contributed by atoms with Crippen LogP contribution in [0.15, 0.2) is 42.9 Å². The topological polar surface area (TPSA) is 105 Å². The van der Waals surface area contributed by atoms with Crippen LogP contribution < -0.4 is 25.0 Å². The molecule has 0 aliphatic carbocycles. The first-order valence-electron chi connectivity index (χ1n) is 11.7. The van der Waals surface area contributed by atoms with E-state index in [2.05, 4.69) is 42.3 Å². The maximum absolute atomic E-state index is 12.0. The van der Waals surface area contributed by atoms with E-state index in [0.717, 1.165) is 44.2 Å². The van der Waals surface area contributed by atoms with Crippen molar-refractivity contribution in [3.05, 3.63) is 59.0 Å². The Balaban J connectivity index is 1.35. The summed E-state index contributed by atoms with van der Waals surface area (Å²) in [5.74, 6) is 2.01. The number of methoxy groups -OCH3 is 1. The van der Waals surface area contributed by atoms with Crippen molar-refractivity contribution in [2.24, 2.45) is 0 Å². The fraction of sp³-hybridized carbons (Fsp3) is 0.360. The highest BCUT2D eigenvalue weighted by Crippen LogP contribution is 2.31. The van der Waals surface area contributed by atoms with E-state index in [-0.39, 0.29) is 12.5 Å². The number of carbonyl (C=O) groups excluding carboxylic acids is 1. The Kier molecular flexibility index (Phi) is 8.40. The molecular formula is C25H30ClN7O3. The number of aromatic nitrogens is 3. The van der Waals surface area contributed by atoms with Gasteiger partial charge in [0.25, 0.3) is 5.91 Å². The number of likely N-dealkylation sites (N-methyl/N-ethyl adjacent to an activating group) is 1. The molecule has 2 N–H and O–H groups in total. The fourth-order valence-electron chi connectivity index (χ4n) is 3.87. The van der Waals surface area contributed by atoms with Gasteiger partial charge in [0, 0.05) is 44.4 Å². The van der Waals surface area contributed by atoms with Crippen LogP contribution in [-0.4, -0.2) is 72.6 Å². The molecule has 190 valence electrons. The van der Waals surface area contributed by atoms with Crippen molar-refractivity contribution >= 4 is 35.0 Å². The molecular weight excluding hydrogens is 482 g/mol. The summed E-state index contributed by atoms with van der Waals surface area (Å²) in [4.78, 5) is 30.0. The van der Waals surface area contributed by atoms with Gasteiger partial charge in [-0.05, 0) is 30.8 Å². The Labute approximate surface area is 215 Å². The minimum absolute atomic E-state index is 0.119. The van der Waals surface area contributed by atoms with Crippen molar-refractivity contribution < 1.29 is 14.3 Å². The second-order valence-corrected chi connectivity index (χ2v) is 8.59. The van der Waals surface area contributed by atoms with Gasteiger partial charge in [0.1, 0.15) is 18.2 Å². The molecule has 0 atom stereocenters. The molecule has 0 unspecified atom stereocenters. The van der Waals surface area contributed by atoms with E-state index in [1.807, 2.05) is 12.1 Å². The summed E-state index contributed by atoms with van der Waals surface area (Å²) in [5, 5.41) is 6.12. The molecule has 36 heavy (non-hydrogen) atoms. The SMILES string of the molecule is CCN1CCN(c2ccc(Nc3ncc(OCc4cc(C(=O)NC)cc(OC)c4Cl)cn3)cn2)CC1. The summed E-state index contributed by atoms with van der Waals surface area (Å²) in [6.07, 6.45) is 4.92. The smallest absolute Gasteiger partial charge is 0.251 e. The number of piperazine rings is 1. The van der Waals surface area contributed by atoms with Crippen LogP contribution in [0.5, 0.6) is 11.5 Å². The van der Waals surface area contributed by atoms with Crippen LogP contribution in [0.1, 0.15) is 22.8 Å². The van der Waals surface area contributed by atoms with Gasteiger partial charge in [0.2, 0.25) is 5.95 Å². The molecule has 1 amide bonds. The molecule has 1 fully saturated rings. The third kappa shape index (κ3) is 6.13. The highest BCUT2D eigenvalue weighted by Gasteiger charge is 2.17. The fourth-order valence-corrected chi connectivity index (χ4v) is 4.11. The Morgan fingerprint density at radius 2 is 1.83 bits per heavy atom. The Morgan fingerprint density at radius 3 is 2.44 bits per heavy atom. The molecule has 3 aromatic rings. The molecule has 1 aliphatic rings. The molecule has 3 heterocycles. The van der Waals surface area contributed by atoms with Gasteiger partial charge in [-0.1, -0.05) is 18.5 Å². The quantitative estimate of drug-likeness (QED) is 0.447. The number of hydrogen-bond acceptors (Lipinski definition) is 9. The summed E-state index contributed by atoms with van der Waals surface area (Å²) in [6.45, 7) is 7.46. The van der Waals surface area contributed by atoms with E-state index in [1.165, 1.54) is 7.11 Å². The van der Waals surface area contributed by atoms with Crippen molar-refractivity contribution in [2.45, 2.75) is 13.5 Å². The molecule has 2 aromatic heterocycles. The number of nitrogens with zero attached hydrogens (tertiary/aromatic N) is 5. The first kappa shape index (κ1) is 25.5. The largest absolute Gasteiger partial charge is 0.495 e. The number of benzene rings is 1. The first-order chi connectivity index (χ1) is 17.5. The van der Waals surface area contributed by atoms with Crippen LogP contribution in [0.25, 0.3) is 0 Å². The van der Waals surface area contributed by atoms with Gasteiger partial charge >= 0.3 is 0 Å². The molecule has 4 rings (SSSR count). The van der Waals surface area contributed by atoms with E-state index in [9.17, 15) is 4.79 Å². The van der Waals surface area contributed by atoms with E-state index >= 15 is 0 Å². The average molecular weight is 512 g/mol. The molecule has 0 spiro atoms. The highest BCUT2D eigenvalue weighted by molar-refractivity contribution is 6.33. The van der Waals surface area contributed by atoms with Gasteiger partial charge < -0.3 is 29.9 Å². The molecule has 0 bridgehead atoms. The van der Waals surface area contributed by atoms with Gasteiger partial charge in [-0.2, -0.15) is 0 Å². The van der Waals surface area contributed by atoms with E-state index in [0.29, 0.717) is 33.6 Å². The molecule has 0 radical (unpaired) electrons. The zero-order chi connectivity index (χ0) is 25.5. The minimum atomic E-state index is -0.244. The van der Waals surface area contributed by atoms with Gasteiger partial charge in [0.15, 0.2) is 5.75 Å². The first-order valence-corrected chi connectivity index (χ1v) is 12.1. The van der Waals surface area contributed by atoms with Crippen LogP contribution in [0.4, 0.5) is 17.5 Å². The zero-order valence-corrected chi connectivity index (χ0v) is 21.4. The van der Waals surface area contributed by atoms with Gasteiger partial charge in [-0.3, -0.25) is 4.79 Å². The number of hydrogen-bond donors (Lipinski definition) is 2. The summed E-state index contributed by atoms with van der Waals surface area (Å²) in [6, 6.07) is 7.23. The molecule has 1 saturated heterocycles. The second-order valence-electron chi connectivity index (χ2n) is 8.21. The minimum Gasteiger partial charge on any atom is -0.495 e. The average Bonchev–Trinajstić information content (AvgIpc) is 2.93. The van der Waals surface area contributed by atoms with Gasteiger partial charge in [-0.15, -0.1) is 0 Å². The van der Waals surface area contributed by atoms with Crippen molar-refractivity contribution in [1.82, 2.24) is 25.2 Å². The Hall–Kier alpha value is -3.63. The molecule has 1 aliphatic heterocycles. The van der Waals surface area contributed by atoms with E-state index in [1.54, 1.807) is 37.8 Å². The number of carbonyl (C=O) groups is 1. The third-order valence-corrected chi connectivity index (χ3v) is 6.42. The number of pyridine rings is 1. The van der Waals surface area contributed by atoms with Crippen molar-refractivity contribution in [3.63, 3.8) is 0 Å². The molecule has 0 saturated carbocycles. The highest BCUT2D eigenvalue weighted by atomic mass is 35.5. The summed E-state index contributed by atoms with van der Waals surface area (Å²) in [7, 11) is 3.06. The lowest BCUT2D eigenvalue weighted by atomic mass is 10.1. The Bertz CT molecular complexity index is 1170. The molecule has 10 nitrogen and oxygen atoms in total. The van der Waals surface area contributed by atoms with Crippen LogP contribution in [0.2, 0.25) is 5.02 Å². The summed E-state index contributed by atoms with van der Waals surface area (Å²) < 4.78 is 11.1. The van der Waals surface area contributed by atoms with E-state index in [4.69, 9.17) is 21.1 Å². The zero-order valence-electron chi connectivity index (χ0n) is 20.6. The monoisotopic (exact) mass is 511 g/mol. The van der Waals surface area contributed by atoms with Crippen molar-refractivity contribution in [3.8, 4) is 11.5 Å². The van der Waals surface area contributed by atoms with Crippen LogP contribution in [0, 0.1) is 0 Å².